The lowest BCUT2D eigenvalue weighted by molar-refractivity contribution is 0.459. The van der Waals surface area contributed by atoms with E-state index >= 15 is 0 Å². The molecule has 0 aliphatic rings. The molecule has 0 amide bonds. The average molecular weight is 442 g/mol. The van der Waals surface area contributed by atoms with Gasteiger partial charge in [0, 0.05) is 23.5 Å². The molecule has 0 atom stereocenters. The Kier molecular flexibility index (Phi) is 5.88. The number of benzene rings is 4. The quantitative estimate of drug-likeness (QED) is 0.303. The molecule has 4 aromatic rings. The molecule has 0 unspecified atom stereocenters. The van der Waals surface area contributed by atoms with Crippen LogP contribution in [0.3, 0.4) is 0 Å². The molecule has 5 nitrogen and oxygen atoms in total. The maximum Gasteiger partial charge on any atom is 0.151 e. The number of phenols is 3. The van der Waals surface area contributed by atoms with Crippen LogP contribution in [-0.2, 0) is 0 Å². The molecule has 0 aliphatic carbocycles. The molecule has 33 heavy (non-hydrogen) atoms. The van der Waals surface area contributed by atoms with Crippen molar-refractivity contribution in [2.75, 3.05) is 4.90 Å². The second-order valence-electron chi connectivity index (χ2n) is 8.26. The molecule has 0 fully saturated rings. The largest absolute Gasteiger partial charge is 0.508 e. The van der Waals surface area contributed by atoms with E-state index in [4.69, 9.17) is 4.74 Å². The first-order valence-corrected chi connectivity index (χ1v) is 10.7. The molecule has 0 radical (unpaired) electrons. The zero-order valence-electron chi connectivity index (χ0n) is 19.1. The maximum atomic E-state index is 10.4. The Morgan fingerprint density at radius 3 is 1.64 bits per heavy atom. The van der Waals surface area contributed by atoms with Crippen LogP contribution in [0.5, 0.6) is 28.7 Å². The van der Waals surface area contributed by atoms with Gasteiger partial charge in [0.1, 0.15) is 23.0 Å². The zero-order chi connectivity index (χ0) is 23.7. The first-order valence-electron chi connectivity index (χ1n) is 10.7. The fourth-order valence-electron chi connectivity index (χ4n) is 3.83. The minimum Gasteiger partial charge on any atom is -0.508 e. The summed E-state index contributed by atoms with van der Waals surface area (Å²) in [5.74, 6) is 1.81. The standard InChI is InChI=1S/C28H27NO4/c1-17-9-11-21(15-25(17)31)29(22-12-10-18(2)26(32)16-22)24-7-5-6-8-27(24)33-28-19(3)13-23(30)14-20(28)4/h5-16,30-32H,1-4H3. The molecular formula is C28H27NO4. The lowest BCUT2D eigenvalue weighted by Crippen LogP contribution is -2.11. The number of hydrogen-bond acceptors (Lipinski definition) is 5. The van der Waals surface area contributed by atoms with Crippen molar-refractivity contribution < 1.29 is 20.1 Å². The van der Waals surface area contributed by atoms with E-state index in [0.29, 0.717) is 11.5 Å². The number of nitrogens with zero attached hydrogens (tertiary/aromatic N) is 1. The molecule has 0 aliphatic heterocycles. The van der Waals surface area contributed by atoms with E-state index in [1.165, 1.54) is 0 Å². The smallest absolute Gasteiger partial charge is 0.151 e. The molecule has 0 spiro atoms. The first-order chi connectivity index (χ1) is 15.7. The van der Waals surface area contributed by atoms with Crippen LogP contribution in [0.4, 0.5) is 17.1 Å². The van der Waals surface area contributed by atoms with Gasteiger partial charge in [-0.05, 0) is 86.3 Å². The fourth-order valence-corrected chi connectivity index (χ4v) is 3.83. The third kappa shape index (κ3) is 4.44. The van der Waals surface area contributed by atoms with Crippen molar-refractivity contribution in [1.82, 2.24) is 0 Å². The number of rotatable bonds is 5. The molecule has 4 aromatic carbocycles. The summed E-state index contributed by atoms with van der Waals surface area (Å²) in [6.45, 7) is 7.46. The normalized spacial score (nSPS) is 10.8. The van der Waals surface area contributed by atoms with E-state index in [2.05, 4.69) is 0 Å². The van der Waals surface area contributed by atoms with Gasteiger partial charge in [-0.15, -0.1) is 0 Å². The van der Waals surface area contributed by atoms with E-state index in [1.54, 1.807) is 24.3 Å². The highest BCUT2D eigenvalue weighted by Crippen LogP contribution is 2.44. The molecule has 168 valence electrons. The van der Waals surface area contributed by atoms with Gasteiger partial charge in [-0.2, -0.15) is 0 Å². The van der Waals surface area contributed by atoms with Crippen molar-refractivity contribution >= 4 is 17.1 Å². The first kappa shape index (κ1) is 22.1. The summed E-state index contributed by atoms with van der Waals surface area (Å²) in [6, 6.07) is 21.9. The number of para-hydroxylation sites is 2. The zero-order valence-corrected chi connectivity index (χ0v) is 19.1. The molecule has 0 saturated carbocycles. The third-order valence-corrected chi connectivity index (χ3v) is 5.67. The van der Waals surface area contributed by atoms with Crippen LogP contribution in [-0.4, -0.2) is 15.3 Å². The van der Waals surface area contributed by atoms with Crippen LogP contribution in [0.1, 0.15) is 22.3 Å². The fraction of sp³-hybridized carbons (Fsp3) is 0.143. The van der Waals surface area contributed by atoms with Gasteiger partial charge in [-0.25, -0.2) is 0 Å². The van der Waals surface area contributed by atoms with Gasteiger partial charge in [0.15, 0.2) is 5.75 Å². The van der Waals surface area contributed by atoms with Crippen LogP contribution in [0, 0.1) is 27.7 Å². The van der Waals surface area contributed by atoms with E-state index in [9.17, 15) is 15.3 Å². The van der Waals surface area contributed by atoms with Gasteiger partial charge in [0.25, 0.3) is 0 Å². The van der Waals surface area contributed by atoms with E-state index in [0.717, 1.165) is 39.3 Å². The molecular weight excluding hydrogens is 414 g/mol. The lowest BCUT2D eigenvalue weighted by atomic mass is 10.1. The molecule has 4 rings (SSSR count). The number of phenolic OH excluding ortho intramolecular Hbond substituents is 3. The molecule has 0 bridgehead atoms. The van der Waals surface area contributed by atoms with Gasteiger partial charge in [0.05, 0.1) is 5.69 Å². The van der Waals surface area contributed by atoms with Crippen molar-refractivity contribution in [2.45, 2.75) is 27.7 Å². The Bertz CT molecular complexity index is 1260. The third-order valence-electron chi connectivity index (χ3n) is 5.67. The molecule has 0 aromatic heterocycles. The summed E-state index contributed by atoms with van der Waals surface area (Å²) in [6.07, 6.45) is 0. The summed E-state index contributed by atoms with van der Waals surface area (Å²) < 4.78 is 6.38. The Labute approximate surface area is 193 Å². The minimum absolute atomic E-state index is 0.178. The summed E-state index contributed by atoms with van der Waals surface area (Å²) in [4.78, 5) is 1.93. The Morgan fingerprint density at radius 1 is 0.606 bits per heavy atom. The number of anilines is 3. The Morgan fingerprint density at radius 2 is 1.12 bits per heavy atom. The van der Waals surface area contributed by atoms with Crippen LogP contribution in [0.25, 0.3) is 0 Å². The lowest BCUT2D eigenvalue weighted by Gasteiger charge is -2.28. The van der Waals surface area contributed by atoms with Crippen LogP contribution < -0.4 is 9.64 Å². The van der Waals surface area contributed by atoms with Gasteiger partial charge < -0.3 is 25.0 Å². The van der Waals surface area contributed by atoms with Crippen molar-refractivity contribution in [3.8, 4) is 28.7 Å². The molecule has 5 heteroatoms. The minimum atomic E-state index is 0.178. The van der Waals surface area contributed by atoms with Crippen molar-refractivity contribution in [3.05, 3.63) is 95.1 Å². The van der Waals surface area contributed by atoms with Crippen molar-refractivity contribution in [3.63, 3.8) is 0 Å². The average Bonchev–Trinajstić information content (AvgIpc) is 2.77. The van der Waals surface area contributed by atoms with E-state index < -0.39 is 0 Å². The summed E-state index contributed by atoms with van der Waals surface area (Å²) >= 11 is 0. The van der Waals surface area contributed by atoms with Crippen LogP contribution >= 0.6 is 0 Å². The van der Waals surface area contributed by atoms with E-state index in [-0.39, 0.29) is 17.2 Å². The predicted octanol–water partition coefficient (Wildman–Crippen LogP) is 7.30. The second-order valence-corrected chi connectivity index (χ2v) is 8.26. The Balaban J connectivity index is 1.90. The maximum absolute atomic E-state index is 10.4. The molecule has 0 heterocycles. The number of aryl methyl sites for hydroxylation is 4. The van der Waals surface area contributed by atoms with Crippen molar-refractivity contribution in [2.24, 2.45) is 0 Å². The number of ether oxygens (including phenoxy) is 1. The van der Waals surface area contributed by atoms with Gasteiger partial charge >= 0.3 is 0 Å². The van der Waals surface area contributed by atoms with Gasteiger partial charge in [-0.1, -0.05) is 24.3 Å². The predicted molar refractivity (Wildman–Crippen MR) is 132 cm³/mol. The summed E-state index contributed by atoms with van der Waals surface area (Å²) in [5.41, 5.74) is 5.34. The highest BCUT2D eigenvalue weighted by Gasteiger charge is 2.20. The van der Waals surface area contributed by atoms with E-state index in [1.807, 2.05) is 81.1 Å². The number of aromatic hydroxyl groups is 3. The van der Waals surface area contributed by atoms with Crippen molar-refractivity contribution in [1.29, 1.82) is 0 Å². The Hall–Kier alpha value is -4.12. The SMILES string of the molecule is Cc1ccc(N(c2ccc(C)c(O)c2)c2ccccc2Oc2c(C)cc(O)cc2C)cc1O. The van der Waals surface area contributed by atoms with Gasteiger partial charge in [-0.3, -0.25) is 0 Å². The number of hydrogen-bond donors (Lipinski definition) is 3. The summed E-state index contributed by atoms with van der Waals surface area (Å²) in [5, 5.41) is 30.7. The second kappa shape index (κ2) is 8.79. The van der Waals surface area contributed by atoms with Crippen LogP contribution in [0.2, 0.25) is 0 Å². The molecule has 3 N–H and O–H groups in total. The highest BCUT2D eigenvalue weighted by atomic mass is 16.5. The van der Waals surface area contributed by atoms with Gasteiger partial charge in [0.2, 0.25) is 0 Å². The topological polar surface area (TPSA) is 73.2 Å². The van der Waals surface area contributed by atoms with Crippen LogP contribution in [0.15, 0.2) is 72.8 Å². The molecule has 0 saturated heterocycles. The summed E-state index contributed by atoms with van der Waals surface area (Å²) in [7, 11) is 0. The highest BCUT2D eigenvalue weighted by molar-refractivity contribution is 5.81. The monoisotopic (exact) mass is 441 g/mol.